The van der Waals surface area contributed by atoms with Gasteiger partial charge in [-0.3, -0.25) is 9.48 Å². The fraction of sp³-hybridized carbons (Fsp3) is 0.0588. The van der Waals surface area contributed by atoms with Crippen LogP contribution in [0.25, 0.3) is 11.2 Å². The number of pyridine rings is 1. The number of aromatic nitrogens is 5. The Kier molecular flexibility index (Phi) is 3.62. The lowest BCUT2D eigenvalue weighted by Gasteiger charge is -2.09. The number of benzene rings is 1. The summed E-state index contributed by atoms with van der Waals surface area (Å²) in [6.45, 7) is 0. The summed E-state index contributed by atoms with van der Waals surface area (Å²) >= 11 is 0. The number of hydrogen-bond acceptors (Lipinski definition) is 5. The minimum atomic E-state index is -0.227. The number of rotatable bonds is 4. The van der Waals surface area contributed by atoms with Gasteiger partial charge in [0.2, 0.25) is 0 Å². The van der Waals surface area contributed by atoms with E-state index in [0.717, 1.165) is 11.4 Å². The highest BCUT2D eigenvalue weighted by Gasteiger charge is 2.12. The molecule has 4 aromatic rings. The van der Waals surface area contributed by atoms with Gasteiger partial charge in [0.05, 0.1) is 29.3 Å². The number of nitrogens with one attached hydrogen (secondary N) is 3. The number of hydrogen-bond donors (Lipinski definition) is 3. The Morgan fingerprint density at radius 3 is 2.88 bits per heavy atom. The third-order valence-electron chi connectivity index (χ3n) is 3.69. The molecule has 0 aliphatic rings. The van der Waals surface area contributed by atoms with Crippen LogP contribution in [0.3, 0.4) is 0 Å². The Morgan fingerprint density at radius 2 is 2.04 bits per heavy atom. The minimum absolute atomic E-state index is 0.227. The SMILES string of the molecule is Cn1cc(Nc2cccc(NC(=O)c3ccnc4nc[nH]c34)c2)cn1. The van der Waals surface area contributed by atoms with E-state index in [0.29, 0.717) is 22.4 Å². The summed E-state index contributed by atoms with van der Waals surface area (Å²) in [6.07, 6.45) is 6.69. The van der Waals surface area contributed by atoms with Gasteiger partial charge in [0, 0.05) is 30.8 Å². The average Bonchev–Trinajstić information content (AvgIpc) is 3.23. The molecule has 0 radical (unpaired) electrons. The lowest BCUT2D eigenvalue weighted by molar-refractivity contribution is 0.102. The third-order valence-corrected chi connectivity index (χ3v) is 3.69. The number of imidazole rings is 1. The molecule has 0 saturated carbocycles. The Balaban J connectivity index is 1.55. The van der Waals surface area contributed by atoms with E-state index in [1.54, 1.807) is 23.1 Å². The van der Waals surface area contributed by atoms with E-state index in [-0.39, 0.29) is 5.91 Å². The van der Waals surface area contributed by atoms with Crippen LogP contribution >= 0.6 is 0 Å². The molecule has 0 aliphatic heterocycles. The van der Waals surface area contributed by atoms with Crippen LogP contribution < -0.4 is 10.6 Å². The third kappa shape index (κ3) is 3.05. The van der Waals surface area contributed by atoms with E-state index in [1.165, 1.54) is 6.33 Å². The van der Waals surface area contributed by atoms with E-state index >= 15 is 0 Å². The van der Waals surface area contributed by atoms with Gasteiger partial charge in [0.25, 0.3) is 5.91 Å². The molecule has 0 atom stereocenters. The zero-order valence-corrected chi connectivity index (χ0v) is 13.4. The maximum Gasteiger partial charge on any atom is 0.257 e. The van der Waals surface area contributed by atoms with Gasteiger partial charge in [0.15, 0.2) is 5.65 Å². The molecule has 25 heavy (non-hydrogen) atoms. The largest absolute Gasteiger partial charge is 0.353 e. The first kappa shape index (κ1) is 14.9. The van der Waals surface area contributed by atoms with Gasteiger partial charge in [-0.1, -0.05) is 6.07 Å². The quantitative estimate of drug-likeness (QED) is 0.533. The van der Waals surface area contributed by atoms with Gasteiger partial charge in [-0.05, 0) is 24.3 Å². The van der Waals surface area contributed by atoms with Crippen LogP contribution in [0.4, 0.5) is 17.1 Å². The number of nitrogens with zero attached hydrogens (tertiary/aromatic N) is 4. The standard InChI is InChI=1S/C17H15N7O/c1-24-9-13(8-21-24)22-11-3-2-4-12(7-11)23-17(25)14-5-6-18-16-15(14)19-10-20-16/h2-10,22H,1H3,(H,23,25)(H,18,19,20). The predicted molar refractivity (Wildman–Crippen MR) is 94.8 cm³/mol. The average molecular weight is 333 g/mol. The summed E-state index contributed by atoms with van der Waals surface area (Å²) in [7, 11) is 1.85. The minimum Gasteiger partial charge on any atom is -0.353 e. The molecule has 1 aromatic carbocycles. The lowest BCUT2D eigenvalue weighted by Crippen LogP contribution is -2.12. The second kappa shape index (κ2) is 6.08. The zero-order chi connectivity index (χ0) is 17.2. The Bertz CT molecular complexity index is 1050. The van der Waals surface area contributed by atoms with Gasteiger partial charge in [0.1, 0.15) is 0 Å². The number of H-pyrrole nitrogens is 1. The van der Waals surface area contributed by atoms with Gasteiger partial charge >= 0.3 is 0 Å². The van der Waals surface area contributed by atoms with Crippen molar-refractivity contribution in [3.63, 3.8) is 0 Å². The van der Waals surface area contributed by atoms with Crippen molar-refractivity contribution in [3.05, 3.63) is 60.8 Å². The van der Waals surface area contributed by atoms with Crippen LogP contribution in [0, 0.1) is 0 Å². The topological polar surface area (TPSA) is 101 Å². The van der Waals surface area contributed by atoms with Crippen LogP contribution in [-0.2, 0) is 7.05 Å². The summed E-state index contributed by atoms with van der Waals surface area (Å²) in [5.74, 6) is -0.227. The van der Waals surface area contributed by atoms with Crippen LogP contribution in [0.15, 0.2) is 55.2 Å². The van der Waals surface area contributed by atoms with E-state index < -0.39 is 0 Å². The molecule has 4 rings (SSSR count). The lowest BCUT2D eigenvalue weighted by atomic mass is 10.2. The summed E-state index contributed by atoms with van der Waals surface area (Å²) in [4.78, 5) is 23.7. The molecule has 0 saturated heterocycles. The van der Waals surface area contributed by atoms with Crippen molar-refractivity contribution in [1.82, 2.24) is 24.7 Å². The Hall–Kier alpha value is -3.68. The first-order valence-electron chi connectivity index (χ1n) is 7.64. The van der Waals surface area contributed by atoms with Crippen molar-refractivity contribution < 1.29 is 4.79 Å². The second-order valence-electron chi connectivity index (χ2n) is 5.52. The van der Waals surface area contributed by atoms with E-state index in [1.807, 2.05) is 37.5 Å². The monoisotopic (exact) mass is 333 g/mol. The number of amides is 1. The molecule has 3 aromatic heterocycles. The zero-order valence-electron chi connectivity index (χ0n) is 13.4. The maximum atomic E-state index is 12.6. The Labute approximate surface area is 142 Å². The van der Waals surface area contributed by atoms with Crippen molar-refractivity contribution in [2.45, 2.75) is 0 Å². The molecule has 8 nitrogen and oxygen atoms in total. The molecule has 8 heteroatoms. The van der Waals surface area contributed by atoms with E-state index in [2.05, 4.69) is 30.7 Å². The first-order valence-corrected chi connectivity index (χ1v) is 7.64. The van der Waals surface area contributed by atoms with Crippen LogP contribution in [0.5, 0.6) is 0 Å². The highest BCUT2D eigenvalue weighted by Crippen LogP contribution is 2.21. The van der Waals surface area contributed by atoms with Crippen molar-refractivity contribution in [1.29, 1.82) is 0 Å². The summed E-state index contributed by atoms with van der Waals surface area (Å²) in [5, 5.41) is 10.3. The second-order valence-corrected chi connectivity index (χ2v) is 5.52. The molecular formula is C17H15N7O. The normalized spacial score (nSPS) is 10.8. The van der Waals surface area contributed by atoms with Crippen molar-refractivity contribution in [2.75, 3.05) is 10.6 Å². The predicted octanol–water partition coefficient (Wildman–Crippen LogP) is 2.69. The molecule has 0 unspecified atom stereocenters. The molecule has 124 valence electrons. The first-order chi connectivity index (χ1) is 12.2. The van der Waals surface area contributed by atoms with Crippen molar-refractivity contribution >= 4 is 34.1 Å². The highest BCUT2D eigenvalue weighted by atomic mass is 16.1. The number of fused-ring (bicyclic) bond motifs is 1. The summed E-state index contributed by atoms with van der Waals surface area (Å²) in [6, 6.07) is 9.14. The molecule has 3 heterocycles. The van der Waals surface area contributed by atoms with Crippen LogP contribution in [0.1, 0.15) is 10.4 Å². The van der Waals surface area contributed by atoms with Gasteiger partial charge in [-0.2, -0.15) is 5.10 Å². The number of carbonyl (C=O) groups is 1. The maximum absolute atomic E-state index is 12.6. The van der Waals surface area contributed by atoms with Crippen molar-refractivity contribution in [2.24, 2.45) is 7.05 Å². The fourth-order valence-corrected chi connectivity index (χ4v) is 2.56. The molecule has 0 bridgehead atoms. The number of anilines is 3. The van der Waals surface area contributed by atoms with Crippen LogP contribution in [-0.4, -0.2) is 30.6 Å². The Morgan fingerprint density at radius 1 is 1.16 bits per heavy atom. The smallest absolute Gasteiger partial charge is 0.257 e. The van der Waals surface area contributed by atoms with Gasteiger partial charge in [-0.25, -0.2) is 9.97 Å². The molecular weight excluding hydrogens is 318 g/mol. The fourth-order valence-electron chi connectivity index (χ4n) is 2.56. The van der Waals surface area contributed by atoms with E-state index in [9.17, 15) is 4.79 Å². The number of aromatic amines is 1. The van der Waals surface area contributed by atoms with Gasteiger partial charge < -0.3 is 15.6 Å². The van der Waals surface area contributed by atoms with E-state index in [4.69, 9.17) is 0 Å². The summed E-state index contributed by atoms with van der Waals surface area (Å²) < 4.78 is 1.72. The number of aryl methyl sites for hydroxylation is 1. The highest BCUT2D eigenvalue weighted by molar-refractivity contribution is 6.11. The molecule has 0 fully saturated rings. The molecule has 3 N–H and O–H groups in total. The molecule has 1 amide bonds. The van der Waals surface area contributed by atoms with Crippen molar-refractivity contribution in [3.8, 4) is 0 Å². The van der Waals surface area contributed by atoms with Crippen LogP contribution in [0.2, 0.25) is 0 Å². The molecule has 0 spiro atoms. The summed E-state index contributed by atoms with van der Waals surface area (Å²) in [5.41, 5.74) is 4.03. The molecule has 0 aliphatic carbocycles. The number of carbonyl (C=O) groups excluding carboxylic acids is 1. The van der Waals surface area contributed by atoms with Gasteiger partial charge in [-0.15, -0.1) is 0 Å².